The number of piperazine rings is 1. The highest BCUT2D eigenvalue weighted by atomic mass is 35.5. The summed E-state index contributed by atoms with van der Waals surface area (Å²) < 4.78 is 44.1. The van der Waals surface area contributed by atoms with Crippen molar-refractivity contribution in [2.75, 3.05) is 13.1 Å². The van der Waals surface area contributed by atoms with Crippen LogP contribution in [-0.4, -0.2) is 99.5 Å². The first-order valence-corrected chi connectivity index (χ1v) is 16.5. The molecule has 5 rings (SSSR count). The number of halogens is 2. The first-order chi connectivity index (χ1) is 23.9. The summed E-state index contributed by atoms with van der Waals surface area (Å²) in [6, 6.07) is 3.89. The van der Waals surface area contributed by atoms with Crippen LogP contribution in [0.2, 0.25) is 5.02 Å². The molecule has 0 aliphatic carbocycles. The van der Waals surface area contributed by atoms with Gasteiger partial charge in [0.05, 0.1) is 28.0 Å². The van der Waals surface area contributed by atoms with Crippen LogP contribution in [0.1, 0.15) is 33.1 Å². The SMILES string of the molecule is NS(=O)(=O)c1cc(O)cc(C(NC(=O)N2CCN(Cc3c(F)cc(O)c(O)c3Cl)C(=O)C2=O)C(=O)N[C@H]2Cc3cccc(C(=O)O)c3OB2O)c1. The second-order valence-electron chi connectivity index (χ2n) is 11.3. The Morgan fingerprint density at radius 2 is 1.80 bits per heavy atom. The normalized spacial score (nSPS) is 16.6. The predicted molar refractivity (Wildman–Crippen MR) is 170 cm³/mol. The highest BCUT2D eigenvalue weighted by Crippen LogP contribution is 2.38. The maximum atomic E-state index is 14.5. The number of phenols is 3. The maximum Gasteiger partial charge on any atom is 0.547 e. The van der Waals surface area contributed by atoms with Crippen molar-refractivity contribution < 1.29 is 66.9 Å². The Hall–Kier alpha value is -5.64. The number of carboxylic acid groups (broad SMARTS) is 1. The molecule has 0 radical (unpaired) electrons. The summed E-state index contributed by atoms with van der Waals surface area (Å²) in [5, 5.41) is 59.0. The number of rotatable bonds is 8. The zero-order valence-corrected chi connectivity index (χ0v) is 27.3. The Morgan fingerprint density at radius 1 is 1.10 bits per heavy atom. The fraction of sp³-hybridized carbons (Fsp3) is 0.207. The average molecular weight is 750 g/mol. The molecule has 1 saturated heterocycles. The highest BCUT2D eigenvalue weighted by molar-refractivity contribution is 7.89. The van der Waals surface area contributed by atoms with E-state index >= 15 is 0 Å². The summed E-state index contributed by atoms with van der Waals surface area (Å²) in [4.78, 5) is 65.4. The van der Waals surface area contributed by atoms with Crippen molar-refractivity contribution in [2.45, 2.75) is 29.8 Å². The van der Waals surface area contributed by atoms with Crippen LogP contribution >= 0.6 is 11.6 Å². The van der Waals surface area contributed by atoms with Gasteiger partial charge in [-0.25, -0.2) is 27.5 Å². The van der Waals surface area contributed by atoms with Gasteiger partial charge in [-0.05, 0) is 41.8 Å². The number of carbonyl (C=O) groups is 5. The number of nitrogens with one attached hydrogen (secondary N) is 2. The lowest BCUT2D eigenvalue weighted by atomic mass is 9.72. The van der Waals surface area contributed by atoms with Gasteiger partial charge in [0, 0.05) is 24.7 Å². The number of primary sulfonamides is 1. The van der Waals surface area contributed by atoms with Gasteiger partial charge in [0.15, 0.2) is 11.5 Å². The number of para-hydroxylation sites is 1. The first kappa shape index (κ1) is 36.6. The van der Waals surface area contributed by atoms with E-state index < -0.39 is 117 Å². The van der Waals surface area contributed by atoms with Gasteiger partial charge in [-0.2, -0.15) is 0 Å². The molecule has 5 amide bonds. The summed E-state index contributed by atoms with van der Waals surface area (Å²) in [6.45, 7) is -1.56. The van der Waals surface area contributed by atoms with E-state index in [0.717, 1.165) is 23.1 Å². The first-order valence-electron chi connectivity index (χ1n) is 14.5. The minimum absolute atomic E-state index is 0.145. The number of aromatic hydroxyl groups is 3. The zero-order valence-electron chi connectivity index (χ0n) is 25.7. The third-order valence-electron chi connectivity index (χ3n) is 7.95. The van der Waals surface area contributed by atoms with E-state index in [1.165, 1.54) is 18.2 Å². The average Bonchev–Trinajstić information content (AvgIpc) is 3.05. The van der Waals surface area contributed by atoms with Crippen molar-refractivity contribution >= 4 is 58.5 Å². The van der Waals surface area contributed by atoms with Crippen LogP contribution in [0.4, 0.5) is 9.18 Å². The molecule has 2 aliphatic heterocycles. The van der Waals surface area contributed by atoms with Gasteiger partial charge in [-0.3, -0.25) is 19.3 Å². The smallest absolute Gasteiger partial charge is 0.534 e. The molecule has 3 aromatic carbocycles. The van der Waals surface area contributed by atoms with E-state index in [-0.39, 0.29) is 28.9 Å². The molecule has 0 aromatic heterocycles. The van der Waals surface area contributed by atoms with Crippen molar-refractivity contribution in [3.05, 3.63) is 75.6 Å². The van der Waals surface area contributed by atoms with E-state index in [1.807, 2.05) is 0 Å². The van der Waals surface area contributed by atoms with Gasteiger partial charge < -0.3 is 45.6 Å². The van der Waals surface area contributed by atoms with Gasteiger partial charge in [-0.15, -0.1) is 0 Å². The number of nitrogens with zero attached hydrogens (tertiary/aromatic N) is 2. The Morgan fingerprint density at radius 3 is 2.47 bits per heavy atom. The van der Waals surface area contributed by atoms with E-state index in [2.05, 4.69) is 10.6 Å². The standard InChI is InChI=1S/C29H26BClFN5O13S/c31-21-17(18(32)10-19(39)23(21)40)11-36-4-5-37(27(43)26(36)42)29(46)35-22(13-6-14(38)9-15(7-13)51(33,48)49)25(41)34-20-8-12-2-1-3-16(28(44)45)24(12)50-30(20)47/h1-3,6-7,9-10,20,22,38-40,47H,4-5,8,11H2,(H,34,41)(H,35,46)(H,44,45)(H2,33,48,49)/t20-,22?/m0/s1. The molecule has 2 atom stereocenters. The predicted octanol–water partition coefficient (Wildman–Crippen LogP) is -0.297. The number of sulfonamides is 1. The molecule has 0 bridgehead atoms. The van der Waals surface area contributed by atoms with E-state index in [0.29, 0.717) is 11.0 Å². The summed E-state index contributed by atoms with van der Waals surface area (Å²) in [7, 11) is -6.30. The third-order valence-corrected chi connectivity index (χ3v) is 9.25. The fourth-order valence-corrected chi connectivity index (χ4v) is 6.24. The number of fused-ring (bicyclic) bond motifs is 1. The number of urea groups is 1. The van der Waals surface area contributed by atoms with Crippen LogP contribution in [0.15, 0.2) is 47.4 Å². The van der Waals surface area contributed by atoms with Gasteiger partial charge in [-0.1, -0.05) is 23.7 Å². The van der Waals surface area contributed by atoms with Crippen molar-refractivity contribution in [1.29, 1.82) is 0 Å². The van der Waals surface area contributed by atoms with Gasteiger partial charge in [0.2, 0.25) is 15.9 Å². The lowest BCUT2D eigenvalue weighted by molar-refractivity contribution is -0.154. The van der Waals surface area contributed by atoms with Gasteiger partial charge in [0.25, 0.3) is 0 Å². The quantitative estimate of drug-likeness (QED) is 0.0835. The monoisotopic (exact) mass is 749 g/mol. The fourth-order valence-electron chi connectivity index (χ4n) is 5.41. The number of carbonyl (C=O) groups excluding carboxylic acids is 4. The number of hydrogen-bond acceptors (Lipinski definition) is 12. The Kier molecular flexibility index (Phi) is 10.0. The van der Waals surface area contributed by atoms with Crippen LogP contribution in [0, 0.1) is 5.82 Å². The lowest BCUT2D eigenvalue weighted by Gasteiger charge is -2.34. The number of amides is 5. The molecule has 51 heavy (non-hydrogen) atoms. The molecular formula is C29H26BClFN5O13S. The second kappa shape index (κ2) is 13.9. The molecule has 2 aliphatic rings. The van der Waals surface area contributed by atoms with E-state index in [4.69, 9.17) is 21.4 Å². The molecule has 0 saturated carbocycles. The molecule has 268 valence electrons. The number of nitrogens with two attached hydrogens (primary N) is 1. The summed E-state index contributed by atoms with van der Waals surface area (Å²) in [5.41, 5.74) is -0.788. The van der Waals surface area contributed by atoms with Gasteiger partial charge >= 0.3 is 30.9 Å². The van der Waals surface area contributed by atoms with Crippen molar-refractivity contribution in [3.8, 4) is 23.0 Å². The van der Waals surface area contributed by atoms with Crippen LogP contribution in [0.5, 0.6) is 23.0 Å². The van der Waals surface area contributed by atoms with E-state index in [9.17, 15) is 62.2 Å². The third kappa shape index (κ3) is 7.45. The number of carboxylic acids is 1. The molecule has 22 heteroatoms. The molecule has 1 fully saturated rings. The molecule has 9 N–H and O–H groups in total. The minimum Gasteiger partial charge on any atom is -0.534 e. The Bertz CT molecular complexity index is 2110. The molecule has 2 heterocycles. The highest BCUT2D eigenvalue weighted by Gasteiger charge is 2.41. The van der Waals surface area contributed by atoms with Crippen molar-refractivity contribution in [2.24, 2.45) is 5.14 Å². The molecule has 0 spiro atoms. The van der Waals surface area contributed by atoms with Crippen LogP contribution in [0.3, 0.4) is 0 Å². The zero-order chi connectivity index (χ0) is 37.5. The number of benzene rings is 3. The maximum absolute atomic E-state index is 14.5. The summed E-state index contributed by atoms with van der Waals surface area (Å²) in [6.07, 6.45) is -0.176. The summed E-state index contributed by atoms with van der Waals surface area (Å²) in [5.74, 6) is -10.2. The molecule has 1 unspecified atom stereocenters. The topological polar surface area (TPSA) is 286 Å². The summed E-state index contributed by atoms with van der Waals surface area (Å²) >= 11 is 5.91. The van der Waals surface area contributed by atoms with Crippen LogP contribution in [0.25, 0.3) is 0 Å². The number of phenolic OH excluding ortho intramolecular Hbond substituents is 3. The molecule has 3 aromatic rings. The Labute approximate surface area is 292 Å². The Balaban J connectivity index is 1.40. The van der Waals surface area contributed by atoms with E-state index in [1.54, 1.807) is 0 Å². The van der Waals surface area contributed by atoms with Crippen molar-refractivity contribution in [1.82, 2.24) is 20.4 Å². The lowest BCUT2D eigenvalue weighted by Crippen LogP contribution is -2.60. The van der Waals surface area contributed by atoms with Crippen molar-refractivity contribution in [3.63, 3.8) is 0 Å². The number of hydrogen-bond donors (Lipinski definition) is 8. The number of imide groups is 1. The van der Waals surface area contributed by atoms with Crippen LogP contribution < -0.4 is 20.4 Å². The molecular weight excluding hydrogens is 724 g/mol. The van der Waals surface area contributed by atoms with Crippen LogP contribution in [-0.2, 0) is 37.4 Å². The van der Waals surface area contributed by atoms with Gasteiger partial charge in [0.1, 0.15) is 23.4 Å². The molecule has 18 nitrogen and oxygen atoms in total. The largest absolute Gasteiger partial charge is 0.547 e. The second-order valence-corrected chi connectivity index (χ2v) is 13.3. The minimum atomic E-state index is -4.49. The number of aromatic carboxylic acids is 1.